The quantitative estimate of drug-likeness (QED) is 0.925. The highest BCUT2D eigenvalue weighted by atomic mass is 32.2. The molecule has 2 rings (SSSR count). The normalized spacial score (nSPS) is 11.6. The summed E-state index contributed by atoms with van der Waals surface area (Å²) in [5.41, 5.74) is 6.55. The van der Waals surface area contributed by atoms with Crippen LogP contribution in [-0.2, 0) is 16.3 Å². The van der Waals surface area contributed by atoms with Crippen LogP contribution in [0, 0.1) is 0 Å². The molecule has 0 saturated carbocycles. The second kappa shape index (κ2) is 4.46. The van der Waals surface area contributed by atoms with Crippen LogP contribution in [0.4, 0.5) is 5.13 Å². The average molecular weight is 268 g/mol. The van der Waals surface area contributed by atoms with Crippen molar-refractivity contribution >= 4 is 26.3 Å². The summed E-state index contributed by atoms with van der Waals surface area (Å²) in [7, 11) is -3.47. The van der Waals surface area contributed by atoms with E-state index in [1.54, 1.807) is 12.1 Å². The molecule has 2 aromatic rings. The highest BCUT2D eigenvalue weighted by Gasteiger charge is 2.20. The summed E-state index contributed by atoms with van der Waals surface area (Å²) in [6.07, 6.45) is 2.18. The van der Waals surface area contributed by atoms with Gasteiger partial charge in [-0.3, -0.25) is 0 Å². The van der Waals surface area contributed by atoms with E-state index >= 15 is 0 Å². The molecule has 1 heterocycles. The fraction of sp³-hybridized carbons (Fsp3) is 0.182. The van der Waals surface area contributed by atoms with Crippen LogP contribution >= 0.6 is 11.3 Å². The van der Waals surface area contributed by atoms with Gasteiger partial charge in [0.25, 0.3) is 0 Å². The third-order valence-electron chi connectivity index (χ3n) is 2.41. The molecule has 6 heteroatoms. The molecular formula is C11H12N2O2S2. The van der Waals surface area contributed by atoms with Crippen molar-refractivity contribution in [2.24, 2.45) is 0 Å². The lowest BCUT2D eigenvalue weighted by molar-refractivity contribution is 0.598. The third-order valence-corrected chi connectivity index (χ3v) is 5.47. The summed E-state index contributed by atoms with van der Waals surface area (Å²) in [5.74, 6) is 0. The van der Waals surface area contributed by atoms with E-state index < -0.39 is 9.84 Å². The second-order valence-corrected chi connectivity index (χ2v) is 6.76. The number of rotatable bonds is 3. The Labute approximate surface area is 104 Å². The first-order valence-electron chi connectivity index (χ1n) is 5.09. The maximum atomic E-state index is 12.2. The van der Waals surface area contributed by atoms with Crippen molar-refractivity contribution in [1.29, 1.82) is 0 Å². The first-order valence-corrected chi connectivity index (χ1v) is 7.39. The Morgan fingerprint density at radius 1 is 1.29 bits per heavy atom. The zero-order chi connectivity index (χ0) is 12.5. The van der Waals surface area contributed by atoms with Crippen LogP contribution < -0.4 is 5.73 Å². The average Bonchev–Trinajstić information content (AvgIpc) is 2.77. The number of hydrogen-bond donors (Lipinski definition) is 1. The van der Waals surface area contributed by atoms with Crippen LogP contribution in [0.1, 0.15) is 12.5 Å². The van der Waals surface area contributed by atoms with E-state index in [0.717, 1.165) is 23.3 Å². The van der Waals surface area contributed by atoms with Gasteiger partial charge in [0.2, 0.25) is 9.84 Å². The Hall–Kier alpha value is -1.40. The lowest BCUT2D eigenvalue weighted by Gasteiger charge is -2.02. The van der Waals surface area contributed by atoms with Gasteiger partial charge in [-0.15, -0.1) is 0 Å². The van der Waals surface area contributed by atoms with Gasteiger partial charge in [0.05, 0.1) is 11.1 Å². The molecule has 0 aliphatic heterocycles. The zero-order valence-corrected chi connectivity index (χ0v) is 10.9. The lowest BCUT2D eigenvalue weighted by Crippen LogP contribution is -1.99. The summed E-state index contributed by atoms with van der Waals surface area (Å²) in [4.78, 5) is 4.04. The number of aryl methyl sites for hydroxylation is 1. The molecule has 0 radical (unpaired) electrons. The van der Waals surface area contributed by atoms with Crippen molar-refractivity contribution in [1.82, 2.24) is 4.98 Å². The summed E-state index contributed by atoms with van der Waals surface area (Å²) < 4.78 is 24.5. The van der Waals surface area contributed by atoms with Crippen molar-refractivity contribution in [3.05, 3.63) is 36.0 Å². The monoisotopic (exact) mass is 268 g/mol. The molecule has 0 saturated heterocycles. The molecule has 0 aliphatic carbocycles. The molecule has 1 aromatic carbocycles. The number of benzene rings is 1. The van der Waals surface area contributed by atoms with Crippen LogP contribution in [0.25, 0.3) is 0 Å². The van der Waals surface area contributed by atoms with E-state index in [-0.39, 0.29) is 14.2 Å². The van der Waals surface area contributed by atoms with Gasteiger partial charge in [-0.05, 0) is 24.1 Å². The molecule has 0 spiro atoms. The highest BCUT2D eigenvalue weighted by Crippen LogP contribution is 2.27. The van der Waals surface area contributed by atoms with Gasteiger partial charge in [0.15, 0.2) is 5.13 Å². The van der Waals surface area contributed by atoms with Gasteiger partial charge in [0.1, 0.15) is 4.21 Å². The van der Waals surface area contributed by atoms with Crippen LogP contribution in [0.2, 0.25) is 0 Å². The predicted molar refractivity (Wildman–Crippen MR) is 67.8 cm³/mol. The summed E-state index contributed by atoms with van der Waals surface area (Å²) in [6, 6.07) is 6.86. The van der Waals surface area contributed by atoms with Gasteiger partial charge >= 0.3 is 0 Å². The van der Waals surface area contributed by atoms with Gasteiger partial charge < -0.3 is 5.73 Å². The molecule has 1 aromatic heterocycles. The van der Waals surface area contributed by atoms with Crippen LogP contribution in [0.15, 0.2) is 39.6 Å². The second-order valence-electron chi connectivity index (χ2n) is 3.52. The maximum absolute atomic E-state index is 12.2. The van der Waals surface area contributed by atoms with Crippen molar-refractivity contribution < 1.29 is 8.42 Å². The Kier molecular flexibility index (Phi) is 3.17. The number of anilines is 1. The van der Waals surface area contributed by atoms with Gasteiger partial charge in [-0.25, -0.2) is 13.4 Å². The van der Waals surface area contributed by atoms with E-state index in [9.17, 15) is 8.42 Å². The fourth-order valence-corrected chi connectivity index (χ4v) is 3.74. The SMILES string of the molecule is CCc1ccc(S(=O)(=O)c2cnc(N)s2)cc1. The molecule has 17 heavy (non-hydrogen) atoms. The molecule has 4 nitrogen and oxygen atoms in total. The van der Waals surface area contributed by atoms with Crippen LogP contribution in [0.5, 0.6) is 0 Å². The van der Waals surface area contributed by atoms with Crippen molar-refractivity contribution in [3.63, 3.8) is 0 Å². The van der Waals surface area contributed by atoms with Crippen LogP contribution in [0.3, 0.4) is 0 Å². The molecule has 0 unspecified atom stereocenters. The van der Waals surface area contributed by atoms with Gasteiger partial charge in [-0.1, -0.05) is 30.4 Å². The van der Waals surface area contributed by atoms with E-state index in [0.29, 0.717) is 0 Å². The molecule has 0 fully saturated rings. The third kappa shape index (κ3) is 2.32. The Morgan fingerprint density at radius 2 is 1.94 bits per heavy atom. The minimum atomic E-state index is -3.47. The minimum absolute atomic E-state index is 0.180. The number of nitrogens with zero attached hydrogens (tertiary/aromatic N) is 1. The standard InChI is InChI=1S/C11H12N2O2S2/c1-2-8-3-5-9(6-4-8)17(14,15)10-7-13-11(12)16-10/h3-7H,2H2,1H3,(H2,12,13). The smallest absolute Gasteiger partial charge is 0.217 e. The Morgan fingerprint density at radius 3 is 2.41 bits per heavy atom. The number of hydrogen-bond acceptors (Lipinski definition) is 5. The number of sulfone groups is 1. The Bertz CT molecular complexity index is 615. The molecule has 0 amide bonds. The van der Waals surface area contributed by atoms with E-state index in [4.69, 9.17) is 5.73 Å². The van der Waals surface area contributed by atoms with E-state index in [1.807, 2.05) is 19.1 Å². The number of aromatic nitrogens is 1. The molecular weight excluding hydrogens is 256 g/mol. The predicted octanol–water partition coefficient (Wildman–Crippen LogP) is 2.12. The van der Waals surface area contributed by atoms with Gasteiger partial charge in [-0.2, -0.15) is 0 Å². The van der Waals surface area contributed by atoms with Crippen LogP contribution in [-0.4, -0.2) is 13.4 Å². The summed E-state index contributed by atoms with van der Waals surface area (Å²) >= 11 is 0.978. The van der Waals surface area contributed by atoms with Crippen molar-refractivity contribution in [2.75, 3.05) is 5.73 Å². The topological polar surface area (TPSA) is 73.0 Å². The van der Waals surface area contributed by atoms with E-state index in [1.165, 1.54) is 6.20 Å². The minimum Gasteiger partial charge on any atom is -0.375 e. The molecule has 0 aliphatic rings. The summed E-state index contributed by atoms with van der Waals surface area (Å²) in [6.45, 7) is 2.02. The molecule has 0 atom stereocenters. The maximum Gasteiger partial charge on any atom is 0.217 e. The lowest BCUT2D eigenvalue weighted by atomic mass is 10.2. The Balaban J connectivity index is 2.44. The van der Waals surface area contributed by atoms with Crippen molar-refractivity contribution in [2.45, 2.75) is 22.4 Å². The van der Waals surface area contributed by atoms with Gasteiger partial charge in [0, 0.05) is 0 Å². The number of nitrogen functional groups attached to an aromatic ring is 1. The fourth-order valence-electron chi connectivity index (χ4n) is 1.42. The first kappa shape index (κ1) is 12.1. The highest BCUT2D eigenvalue weighted by molar-refractivity contribution is 7.93. The molecule has 90 valence electrons. The van der Waals surface area contributed by atoms with E-state index in [2.05, 4.69) is 4.98 Å². The first-order chi connectivity index (χ1) is 8.04. The largest absolute Gasteiger partial charge is 0.375 e. The number of nitrogens with two attached hydrogens (primary N) is 1. The zero-order valence-electron chi connectivity index (χ0n) is 9.25. The number of thiazole rings is 1. The van der Waals surface area contributed by atoms with Crippen molar-refractivity contribution in [3.8, 4) is 0 Å². The molecule has 2 N–H and O–H groups in total. The summed E-state index contributed by atoms with van der Waals surface area (Å²) in [5, 5.41) is 0.258. The molecule has 0 bridgehead atoms.